The zero-order valence-electron chi connectivity index (χ0n) is 11.3. The molecule has 2 aromatic carbocycles. The van der Waals surface area contributed by atoms with Gasteiger partial charge in [-0.1, -0.05) is 61.9 Å². The van der Waals surface area contributed by atoms with Gasteiger partial charge in [-0.3, -0.25) is 0 Å². The van der Waals surface area contributed by atoms with Gasteiger partial charge in [-0.15, -0.1) is 0 Å². The van der Waals surface area contributed by atoms with Crippen LogP contribution in [0.4, 0.5) is 0 Å². The third kappa shape index (κ3) is 3.13. The summed E-state index contributed by atoms with van der Waals surface area (Å²) in [5.41, 5.74) is 3.77. The van der Waals surface area contributed by atoms with E-state index in [1.165, 1.54) is 16.7 Å². The molecule has 94 valence electrons. The Kier molecular flexibility index (Phi) is 4.03. The molecule has 0 fully saturated rings. The van der Waals surface area contributed by atoms with E-state index in [1.54, 1.807) is 0 Å². The molecule has 0 atom stereocenters. The van der Waals surface area contributed by atoms with Crippen molar-refractivity contribution >= 4 is 0 Å². The SMILES string of the molecule is Cc1ccc(OCc2ccccc2)c(C(C)C)c1. The zero-order valence-corrected chi connectivity index (χ0v) is 11.3. The number of hydrogen-bond acceptors (Lipinski definition) is 1. The second-order valence-electron chi connectivity index (χ2n) is 4.97. The molecule has 0 saturated carbocycles. The highest BCUT2D eigenvalue weighted by Crippen LogP contribution is 2.28. The first kappa shape index (κ1) is 12.7. The zero-order chi connectivity index (χ0) is 13.0. The minimum absolute atomic E-state index is 0.482. The lowest BCUT2D eigenvalue weighted by Gasteiger charge is -2.15. The van der Waals surface area contributed by atoms with Crippen LogP contribution in [0.2, 0.25) is 0 Å². The molecule has 0 aromatic heterocycles. The summed E-state index contributed by atoms with van der Waals surface area (Å²) in [7, 11) is 0. The molecule has 2 aromatic rings. The average molecular weight is 240 g/mol. The maximum absolute atomic E-state index is 5.94. The molecule has 0 radical (unpaired) electrons. The monoisotopic (exact) mass is 240 g/mol. The van der Waals surface area contributed by atoms with Crippen molar-refractivity contribution in [1.29, 1.82) is 0 Å². The van der Waals surface area contributed by atoms with E-state index in [-0.39, 0.29) is 0 Å². The van der Waals surface area contributed by atoms with Gasteiger partial charge >= 0.3 is 0 Å². The lowest BCUT2D eigenvalue weighted by Crippen LogP contribution is -2.00. The van der Waals surface area contributed by atoms with Gasteiger partial charge in [0.1, 0.15) is 12.4 Å². The first-order chi connectivity index (χ1) is 8.66. The highest BCUT2D eigenvalue weighted by molar-refractivity contribution is 5.39. The molecule has 2 rings (SSSR count). The molecule has 18 heavy (non-hydrogen) atoms. The van der Waals surface area contributed by atoms with Gasteiger partial charge in [-0.2, -0.15) is 0 Å². The molecule has 0 saturated heterocycles. The molecule has 0 spiro atoms. The average Bonchev–Trinajstić information content (AvgIpc) is 2.38. The van der Waals surface area contributed by atoms with Gasteiger partial charge in [0.25, 0.3) is 0 Å². The molecule has 0 aliphatic carbocycles. The predicted molar refractivity (Wildman–Crippen MR) is 76.0 cm³/mol. The van der Waals surface area contributed by atoms with Crippen molar-refractivity contribution in [2.24, 2.45) is 0 Å². The standard InChI is InChI=1S/C17H20O/c1-13(2)16-11-14(3)9-10-17(16)18-12-15-7-5-4-6-8-15/h4-11,13H,12H2,1-3H3. The first-order valence-electron chi connectivity index (χ1n) is 6.44. The summed E-state index contributed by atoms with van der Waals surface area (Å²) in [5.74, 6) is 1.48. The van der Waals surface area contributed by atoms with E-state index in [9.17, 15) is 0 Å². The fourth-order valence-corrected chi connectivity index (χ4v) is 1.99. The van der Waals surface area contributed by atoms with Gasteiger partial charge in [-0.25, -0.2) is 0 Å². The summed E-state index contributed by atoms with van der Waals surface area (Å²) >= 11 is 0. The molecule has 0 bridgehead atoms. The third-order valence-corrected chi connectivity index (χ3v) is 3.02. The number of benzene rings is 2. The molecule has 0 aliphatic heterocycles. The Morgan fingerprint density at radius 1 is 1.00 bits per heavy atom. The smallest absolute Gasteiger partial charge is 0.123 e. The van der Waals surface area contributed by atoms with Crippen LogP contribution < -0.4 is 4.74 Å². The lowest BCUT2D eigenvalue weighted by molar-refractivity contribution is 0.301. The lowest BCUT2D eigenvalue weighted by atomic mass is 10.00. The van der Waals surface area contributed by atoms with E-state index in [1.807, 2.05) is 18.2 Å². The molecular formula is C17H20O. The molecule has 0 aliphatic rings. The summed E-state index contributed by atoms with van der Waals surface area (Å²) in [6.45, 7) is 7.14. The second kappa shape index (κ2) is 5.72. The summed E-state index contributed by atoms with van der Waals surface area (Å²) in [4.78, 5) is 0. The topological polar surface area (TPSA) is 9.23 Å². The summed E-state index contributed by atoms with van der Waals surface area (Å²) < 4.78 is 5.94. The minimum Gasteiger partial charge on any atom is -0.489 e. The van der Waals surface area contributed by atoms with E-state index in [0.717, 1.165) is 5.75 Å². The van der Waals surface area contributed by atoms with Gasteiger partial charge in [0.15, 0.2) is 0 Å². The maximum atomic E-state index is 5.94. The van der Waals surface area contributed by atoms with E-state index in [4.69, 9.17) is 4.74 Å². The van der Waals surface area contributed by atoms with E-state index >= 15 is 0 Å². The second-order valence-corrected chi connectivity index (χ2v) is 4.97. The van der Waals surface area contributed by atoms with Crippen LogP contribution in [-0.2, 0) is 6.61 Å². The van der Waals surface area contributed by atoms with E-state index < -0.39 is 0 Å². The molecule has 0 unspecified atom stereocenters. The fraction of sp³-hybridized carbons (Fsp3) is 0.294. The highest BCUT2D eigenvalue weighted by Gasteiger charge is 2.08. The van der Waals surface area contributed by atoms with Crippen molar-refractivity contribution in [1.82, 2.24) is 0 Å². The number of rotatable bonds is 4. The molecule has 0 amide bonds. The van der Waals surface area contributed by atoms with Crippen LogP contribution >= 0.6 is 0 Å². The predicted octanol–water partition coefficient (Wildman–Crippen LogP) is 4.70. The molecule has 1 nitrogen and oxygen atoms in total. The van der Waals surface area contributed by atoms with Crippen molar-refractivity contribution < 1.29 is 4.74 Å². The Morgan fingerprint density at radius 3 is 2.39 bits per heavy atom. The van der Waals surface area contributed by atoms with E-state index in [2.05, 4.69) is 51.1 Å². The number of aryl methyl sites for hydroxylation is 1. The van der Waals surface area contributed by atoms with Crippen LogP contribution in [0.5, 0.6) is 5.75 Å². The molecule has 0 N–H and O–H groups in total. The van der Waals surface area contributed by atoms with Crippen molar-refractivity contribution in [3.63, 3.8) is 0 Å². The summed E-state index contributed by atoms with van der Waals surface area (Å²) in [5, 5.41) is 0. The van der Waals surface area contributed by atoms with Crippen LogP contribution in [-0.4, -0.2) is 0 Å². The van der Waals surface area contributed by atoms with Gasteiger partial charge in [-0.05, 0) is 30.0 Å². The fourth-order valence-electron chi connectivity index (χ4n) is 1.99. The van der Waals surface area contributed by atoms with Crippen LogP contribution in [0.15, 0.2) is 48.5 Å². The van der Waals surface area contributed by atoms with Crippen LogP contribution in [0, 0.1) is 6.92 Å². The molecule has 0 heterocycles. The largest absolute Gasteiger partial charge is 0.489 e. The van der Waals surface area contributed by atoms with E-state index in [0.29, 0.717) is 12.5 Å². The Labute approximate surface area is 109 Å². The van der Waals surface area contributed by atoms with Crippen LogP contribution in [0.1, 0.15) is 36.5 Å². The quantitative estimate of drug-likeness (QED) is 0.752. The van der Waals surface area contributed by atoms with Crippen molar-refractivity contribution in [2.75, 3.05) is 0 Å². The number of ether oxygens (including phenoxy) is 1. The Balaban J connectivity index is 2.14. The van der Waals surface area contributed by atoms with Gasteiger partial charge in [0.2, 0.25) is 0 Å². The highest BCUT2D eigenvalue weighted by atomic mass is 16.5. The summed E-state index contributed by atoms with van der Waals surface area (Å²) in [6, 6.07) is 16.7. The van der Waals surface area contributed by atoms with Gasteiger partial charge < -0.3 is 4.74 Å². The minimum atomic E-state index is 0.482. The Hall–Kier alpha value is -1.76. The van der Waals surface area contributed by atoms with Crippen LogP contribution in [0.3, 0.4) is 0 Å². The Bertz CT molecular complexity index is 500. The Morgan fingerprint density at radius 2 is 1.72 bits per heavy atom. The van der Waals surface area contributed by atoms with Gasteiger partial charge in [0, 0.05) is 0 Å². The third-order valence-electron chi connectivity index (χ3n) is 3.02. The van der Waals surface area contributed by atoms with Crippen molar-refractivity contribution in [2.45, 2.75) is 33.3 Å². The van der Waals surface area contributed by atoms with Crippen molar-refractivity contribution in [3.05, 3.63) is 65.2 Å². The molecule has 1 heteroatoms. The van der Waals surface area contributed by atoms with Crippen LogP contribution in [0.25, 0.3) is 0 Å². The summed E-state index contributed by atoms with van der Waals surface area (Å²) in [6.07, 6.45) is 0. The van der Waals surface area contributed by atoms with Gasteiger partial charge in [0.05, 0.1) is 0 Å². The first-order valence-corrected chi connectivity index (χ1v) is 6.44. The molecular weight excluding hydrogens is 220 g/mol. The maximum Gasteiger partial charge on any atom is 0.123 e. The van der Waals surface area contributed by atoms with Crippen molar-refractivity contribution in [3.8, 4) is 5.75 Å². The normalized spacial score (nSPS) is 10.7. The number of hydrogen-bond donors (Lipinski definition) is 0.